The summed E-state index contributed by atoms with van der Waals surface area (Å²) in [4.78, 5) is 15.4. The Morgan fingerprint density at radius 2 is 1.70 bits per heavy atom. The highest BCUT2D eigenvalue weighted by atomic mass is 32.1. The number of thiophene rings is 1. The van der Waals surface area contributed by atoms with E-state index in [1.54, 1.807) is 11.3 Å². The number of ketones is 1. The SMILES string of the molecule is CC(C)CCN(CCC(=O)c1cccs1)CCC(C)C. The second kappa shape index (κ2) is 9.30. The fraction of sp³-hybridized carbons (Fsp3) is 0.706. The molecule has 0 radical (unpaired) electrons. The molecule has 0 N–H and O–H groups in total. The van der Waals surface area contributed by atoms with Gasteiger partial charge in [0, 0.05) is 13.0 Å². The van der Waals surface area contributed by atoms with Gasteiger partial charge in [-0.1, -0.05) is 33.8 Å². The zero-order valence-electron chi connectivity index (χ0n) is 13.4. The van der Waals surface area contributed by atoms with Crippen LogP contribution in [0, 0.1) is 11.8 Å². The maximum atomic E-state index is 12.1. The second-order valence-electron chi connectivity index (χ2n) is 6.36. The maximum absolute atomic E-state index is 12.1. The number of rotatable bonds is 10. The molecule has 0 fully saturated rings. The Bertz CT molecular complexity index is 358. The van der Waals surface area contributed by atoms with Crippen LogP contribution in [0.3, 0.4) is 0 Å². The Hall–Kier alpha value is -0.670. The monoisotopic (exact) mass is 295 g/mol. The van der Waals surface area contributed by atoms with Crippen LogP contribution >= 0.6 is 11.3 Å². The lowest BCUT2D eigenvalue weighted by Crippen LogP contribution is -2.30. The highest BCUT2D eigenvalue weighted by Gasteiger charge is 2.12. The Morgan fingerprint density at radius 1 is 1.10 bits per heavy atom. The highest BCUT2D eigenvalue weighted by Crippen LogP contribution is 2.13. The van der Waals surface area contributed by atoms with Crippen molar-refractivity contribution in [3.05, 3.63) is 22.4 Å². The lowest BCUT2D eigenvalue weighted by Gasteiger charge is -2.23. The molecule has 0 aromatic carbocycles. The van der Waals surface area contributed by atoms with Crippen molar-refractivity contribution < 1.29 is 4.79 Å². The molecule has 1 rings (SSSR count). The molecular formula is C17H29NOS. The van der Waals surface area contributed by atoms with Gasteiger partial charge in [0.1, 0.15) is 0 Å². The lowest BCUT2D eigenvalue weighted by molar-refractivity contribution is 0.0965. The van der Waals surface area contributed by atoms with Gasteiger partial charge >= 0.3 is 0 Å². The zero-order chi connectivity index (χ0) is 15.0. The van der Waals surface area contributed by atoms with E-state index in [1.807, 2.05) is 17.5 Å². The highest BCUT2D eigenvalue weighted by molar-refractivity contribution is 7.12. The third-order valence-corrected chi connectivity index (χ3v) is 4.41. The van der Waals surface area contributed by atoms with Gasteiger partial charge in [-0.25, -0.2) is 0 Å². The molecule has 1 heterocycles. The van der Waals surface area contributed by atoms with Crippen LogP contribution in [0.15, 0.2) is 17.5 Å². The summed E-state index contributed by atoms with van der Waals surface area (Å²) in [7, 11) is 0. The molecule has 3 heteroatoms. The predicted octanol–water partition coefficient (Wildman–Crippen LogP) is 4.72. The smallest absolute Gasteiger partial charge is 0.174 e. The summed E-state index contributed by atoms with van der Waals surface area (Å²) in [6.45, 7) is 12.2. The summed E-state index contributed by atoms with van der Waals surface area (Å²) in [5.41, 5.74) is 0. The quantitative estimate of drug-likeness (QED) is 0.582. The molecule has 0 unspecified atom stereocenters. The number of nitrogens with zero attached hydrogens (tertiary/aromatic N) is 1. The Balaban J connectivity index is 2.40. The molecule has 0 bridgehead atoms. The number of Topliss-reactive ketones (excluding diaryl/α,β-unsaturated/α-hetero) is 1. The van der Waals surface area contributed by atoms with Gasteiger partial charge in [-0.3, -0.25) is 4.79 Å². The van der Waals surface area contributed by atoms with Crippen molar-refractivity contribution >= 4 is 17.1 Å². The minimum absolute atomic E-state index is 0.291. The van der Waals surface area contributed by atoms with Gasteiger partial charge in [-0.2, -0.15) is 0 Å². The third-order valence-electron chi connectivity index (χ3n) is 3.50. The van der Waals surface area contributed by atoms with Crippen molar-refractivity contribution in [2.24, 2.45) is 11.8 Å². The van der Waals surface area contributed by atoms with Gasteiger partial charge in [0.15, 0.2) is 5.78 Å². The molecule has 0 saturated heterocycles. The first-order valence-corrected chi connectivity index (χ1v) is 8.66. The number of carbonyl (C=O) groups excluding carboxylic acids is 1. The van der Waals surface area contributed by atoms with Gasteiger partial charge in [0.25, 0.3) is 0 Å². The maximum Gasteiger partial charge on any atom is 0.174 e. The molecule has 0 aliphatic heterocycles. The number of hydrogen-bond donors (Lipinski definition) is 0. The molecule has 1 aromatic rings. The first kappa shape index (κ1) is 17.4. The predicted molar refractivity (Wildman–Crippen MR) is 88.6 cm³/mol. The summed E-state index contributed by atoms with van der Waals surface area (Å²) in [5.74, 6) is 1.74. The first-order chi connectivity index (χ1) is 9.49. The van der Waals surface area contributed by atoms with E-state index in [2.05, 4.69) is 32.6 Å². The van der Waals surface area contributed by atoms with Gasteiger partial charge in [0.05, 0.1) is 4.88 Å². The Kier molecular flexibility index (Phi) is 8.08. The van der Waals surface area contributed by atoms with Gasteiger partial charge in [-0.15, -0.1) is 11.3 Å². The Morgan fingerprint density at radius 3 is 2.15 bits per heavy atom. The van der Waals surface area contributed by atoms with Crippen LogP contribution < -0.4 is 0 Å². The largest absolute Gasteiger partial charge is 0.303 e. The fourth-order valence-electron chi connectivity index (χ4n) is 2.04. The van der Waals surface area contributed by atoms with E-state index in [9.17, 15) is 4.79 Å². The van der Waals surface area contributed by atoms with E-state index >= 15 is 0 Å². The second-order valence-corrected chi connectivity index (χ2v) is 7.30. The van der Waals surface area contributed by atoms with Crippen LogP contribution in [0.1, 0.15) is 56.6 Å². The van der Waals surface area contributed by atoms with Crippen molar-refractivity contribution in [2.75, 3.05) is 19.6 Å². The van der Waals surface area contributed by atoms with E-state index in [4.69, 9.17) is 0 Å². The molecule has 0 saturated carbocycles. The standard InChI is InChI=1S/C17H29NOS/c1-14(2)7-10-18(11-8-15(3)4)12-9-16(19)17-6-5-13-20-17/h5-6,13-15H,7-12H2,1-4H3. The van der Waals surface area contributed by atoms with Gasteiger partial charge in [0.2, 0.25) is 0 Å². The van der Waals surface area contributed by atoms with Crippen LogP contribution in [0.4, 0.5) is 0 Å². The molecule has 20 heavy (non-hydrogen) atoms. The summed E-state index contributed by atoms with van der Waals surface area (Å²) in [6.07, 6.45) is 3.08. The minimum Gasteiger partial charge on any atom is -0.303 e. The first-order valence-electron chi connectivity index (χ1n) is 7.78. The fourth-order valence-corrected chi connectivity index (χ4v) is 2.73. The van der Waals surface area contributed by atoms with Crippen molar-refractivity contribution in [3.8, 4) is 0 Å². The van der Waals surface area contributed by atoms with Crippen LogP contribution in [-0.4, -0.2) is 30.3 Å². The van der Waals surface area contributed by atoms with Crippen LogP contribution in [-0.2, 0) is 0 Å². The molecule has 0 aliphatic carbocycles. The average Bonchev–Trinajstić information content (AvgIpc) is 2.90. The van der Waals surface area contributed by atoms with Crippen LogP contribution in [0.25, 0.3) is 0 Å². The molecule has 0 aliphatic rings. The average molecular weight is 295 g/mol. The normalized spacial score (nSPS) is 11.8. The molecule has 0 amide bonds. The Labute approximate surface area is 128 Å². The summed E-state index contributed by atoms with van der Waals surface area (Å²) in [6, 6.07) is 3.88. The summed E-state index contributed by atoms with van der Waals surface area (Å²) >= 11 is 1.55. The van der Waals surface area contributed by atoms with Gasteiger partial charge in [-0.05, 0) is 49.2 Å². The van der Waals surface area contributed by atoms with E-state index in [0.29, 0.717) is 12.2 Å². The summed E-state index contributed by atoms with van der Waals surface area (Å²) < 4.78 is 0. The molecular weight excluding hydrogens is 266 g/mol. The van der Waals surface area contributed by atoms with Gasteiger partial charge < -0.3 is 4.90 Å². The van der Waals surface area contributed by atoms with Crippen LogP contribution in [0.2, 0.25) is 0 Å². The molecule has 2 nitrogen and oxygen atoms in total. The van der Waals surface area contributed by atoms with E-state index < -0.39 is 0 Å². The van der Waals surface area contributed by atoms with Crippen molar-refractivity contribution in [1.82, 2.24) is 4.90 Å². The van der Waals surface area contributed by atoms with Crippen LogP contribution in [0.5, 0.6) is 0 Å². The molecule has 114 valence electrons. The lowest BCUT2D eigenvalue weighted by atomic mass is 10.1. The van der Waals surface area contributed by atoms with E-state index in [1.165, 1.54) is 12.8 Å². The summed E-state index contributed by atoms with van der Waals surface area (Å²) in [5, 5.41) is 1.97. The number of carbonyl (C=O) groups is 1. The molecule has 1 aromatic heterocycles. The molecule has 0 spiro atoms. The molecule has 0 atom stereocenters. The minimum atomic E-state index is 0.291. The van der Waals surface area contributed by atoms with Crippen molar-refractivity contribution in [3.63, 3.8) is 0 Å². The van der Waals surface area contributed by atoms with Crippen molar-refractivity contribution in [1.29, 1.82) is 0 Å². The number of hydrogen-bond acceptors (Lipinski definition) is 3. The zero-order valence-corrected chi connectivity index (χ0v) is 14.2. The van der Waals surface area contributed by atoms with E-state index in [-0.39, 0.29) is 0 Å². The topological polar surface area (TPSA) is 20.3 Å². The van der Waals surface area contributed by atoms with E-state index in [0.717, 1.165) is 36.3 Å². The third kappa shape index (κ3) is 7.20. The van der Waals surface area contributed by atoms with Crippen molar-refractivity contribution in [2.45, 2.75) is 47.0 Å².